The minimum absolute atomic E-state index is 0.190. The number of halogens is 1. The van der Waals surface area contributed by atoms with Crippen molar-refractivity contribution in [3.63, 3.8) is 0 Å². The van der Waals surface area contributed by atoms with Crippen molar-refractivity contribution in [2.24, 2.45) is 0 Å². The molecule has 0 fully saturated rings. The number of nitrogens with two attached hydrogens (primary N) is 1. The third-order valence-corrected chi connectivity index (χ3v) is 4.85. The van der Waals surface area contributed by atoms with E-state index in [-0.39, 0.29) is 10.6 Å². The fourth-order valence-electron chi connectivity index (χ4n) is 1.79. The van der Waals surface area contributed by atoms with Gasteiger partial charge < -0.3 is 10.5 Å². The van der Waals surface area contributed by atoms with Gasteiger partial charge in [-0.25, -0.2) is 8.42 Å². The lowest BCUT2D eigenvalue weighted by molar-refractivity contribution is 0.413. The van der Waals surface area contributed by atoms with E-state index in [1.807, 2.05) is 0 Å². The second-order valence-electron chi connectivity index (χ2n) is 4.29. The Kier molecular flexibility index (Phi) is 4.20. The summed E-state index contributed by atoms with van der Waals surface area (Å²) in [5.74, 6) is 0.286. The van der Waals surface area contributed by atoms with Gasteiger partial charge in [0.25, 0.3) is 0 Å². The maximum atomic E-state index is 12.4. The summed E-state index contributed by atoms with van der Waals surface area (Å²) in [6, 6.07) is 11.1. The highest BCUT2D eigenvalue weighted by atomic mass is 35.5. The van der Waals surface area contributed by atoms with Gasteiger partial charge in [0, 0.05) is 10.7 Å². The van der Waals surface area contributed by atoms with Crippen molar-refractivity contribution in [3.8, 4) is 5.75 Å². The average molecular weight is 312 g/mol. The van der Waals surface area contributed by atoms with Gasteiger partial charge >= 0.3 is 0 Å². The molecule has 2 N–H and O–H groups in total. The number of anilines is 1. The van der Waals surface area contributed by atoms with Crippen molar-refractivity contribution in [2.75, 3.05) is 12.8 Å². The molecule has 0 aliphatic carbocycles. The molecule has 0 heterocycles. The predicted octanol–water partition coefficient (Wildman–Crippen LogP) is 2.90. The fourth-order valence-corrected chi connectivity index (χ4v) is 3.45. The van der Waals surface area contributed by atoms with Crippen molar-refractivity contribution in [1.82, 2.24) is 0 Å². The van der Waals surface area contributed by atoms with Crippen molar-refractivity contribution in [2.45, 2.75) is 10.6 Å². The summed E-state index contributed by atoms with van der Waals surface area (Å²) in [6.45, 7) is 0. The molecule has 2 aromatic carbocycles. The third kappa shape index (κ3) is 3.23. The molecule has 20 heavy (non-hydrogen) atoms. The van der Waals surface area contributed by atoms with E-state index < -0.39 is 9.84 Å². The van der Waals surface area contributed by atoms with Gasteiger partial charge in [-0.05, 0) is 42.0 Å². The molecule has 106 valence electrons. The zero-order valence-electron chi connectivity index (χ0n) is 10.8. The standard InChI is InChI=1S/C14H14ClNO3S/c1-19-12-3-2-4-13(8-12)20(17,18)9-10-7-11(16)5-6-14(10)15/h2-8H,9,16H2,1H3. The number of nitrogen functional groups attached to an aromatic ring is 1. The van der Waals surface area contributed by atoms with Gasteiger partial charge in [0.2, 0.25) is 0 Å². The molecule has 0 aliphatic rings. The zero-order valence-corrected chi connectivity index (χ0v) is 12.4. The van der Waals surface area contributed by atoms with Crippen LogP contribution in [0.25, 0.3) is 0 Å². The molecule has 0 aliphatic heterocycles. The van der Waals surface area contributed by atoms with Crippen molar-refractivity contribution in [3.05, 3.63) is 53.1 Å². The van der Waals surface area contributed by atoms with E-state index in [9.17, 15) is 8.42 Å². The SMILES string of the molecule is COc1cccc(S(=O)(=O)Cc2cc(N)ccc2Cl)c1. The molecule has 2 rings (SSSR count). The van der Waals surface area contributed by atoms with Crippen LogP contribution in [0.4, 0.5) is 5.69 Å². The van der Waals surface area contributed by atoms with Crippen LogP contribution >= 0.6 is 11.6 Å². The molecule has 0 aromatic heterocycles. The molecule has 0 bridgehead atoms. The van der Waals surface area contributed by atoms with E-state index in [0.717, 1.165) is 0 Å². The number of ether oxygens (including phenoxy) is 1. The molecule has 0 saturated heterocycles. The van der Waals surface area contributed by atoms with E-state index >= 15 is 0 Å². The summed E-state index contributed by atoms with van der Waals surface area (Å²) in [7, 11) is -2.02. The van der Waals surface area contributed by atoms with E-state index in [2.05, 4.69) is 0 Å². The summed E-state index contributed by atoms with van der Waals surface area (Å²) in [6.07, 6.45) is 0. The van der Waals surface area contributed by atoms with Crippen LogP contribution in [0.3, 0.4) is 0 Å². The van der Waals surface area contributed by atoms with E-state index in [1.165, 1.54) is 19.2 Å². The first-order chi connectivity index (χ1) is 9.42. The second kappa shape index (κ2) is 5.73. The summed E-state index contributed by atoms with van der Waals surface area (Å²) in [5.41, 5.74) is 6.62. The highest BCUT2D eigenvalue weighted by molar-refractivity contribution is 7.90. The Balaban J connectivity index is 2.38. The maximum absolute atomic E-state index is 12.4. The van der Waals surface area contributed by atoms with Gasteiger partial charge in [0.1, 0.15) is 5.75 Å². The Morgan fingerprint density at radius 3 is 2.65 bits per heavy atom. The molecule has 0 radical (unpaired) electrons. The van der Waals surface area contributed by atoms with Gasteiger partial charge in [-0.1, -0.05) is 17.7 Å². The van der Waals surface area contributed by atoms with E-state index in [0.29, 0.717) is 22.0 Å². The number of hydrogen-bond donors (Lipinski definition) is 1. The molecule has 0 atom stereocenters. The van der Waals surface area contributed by atoms with Gasteiger partial charge in [0.15, 0.2) is 9.84 Å². The molecular weight excluding hydrogens is 298 g/mol. The lowest BCUT2D eigenvalue weighted by Crippen LogP contribution is -2.06. The molecule has 2 aromatic rings. The molecule has 0 saturated carbocycles. The number of hydrogen-bond acceptors (Lipinski definition) is 4. The van der Waals surface area contributed by atoms with Gasteiger partial charge in [-0.2, -0.15) is 0 Å². The van der Waals surface area contributed by atoms with Crippen LogP contribution in [0.15, 0.2) is 47.4 Å². The zero-order chi connectivity index (χ0) is 14.8. The molecule has 4 nitrogen and oxygen atoms in total. The van der Waals surface area contributed by atoms with Crippen LogP contribution in [-0.2, 0) is 15.6 Å². The monoisotopic (exact) mass is 311 g/mol. The maximum Gasteiger partial charge on any atom is 0.182 e. The first kappa shape index (κ1) is 14.7. The molecule has 0 spiro atoms. The average Bonchev–Trinajstić information content (AvgIpc) is 2.43. The third-order valence-electron chi connectivity index (χ3n) is 2.82. The van der Waals surface area contributed by atoms with E-state index in [4.69, 9.17) is 22.1 Å². The first-order valence-electron chi connectivity index (χ1n) is 5.83. The number of sulfone groups is 1. The minimum atomic E-state index is -3.51. The van der Waals surface area contributed by atoms with Crippen LogP contribution < -0.4 is 10.5 Å². The van der Waals surface area contributed by atoms with Crippen LogP contribution in [0, 0.1) is 0 Å². The summed E-state index contributed by atoms with van der Waals surface area (Å²) in [5, 5.41) is 0.380. The second-order valence-corrected chi connectivity index (χ2v) is 6.69. The number of methoxy groups -OCH3 is 1. The van der Waals surface area contributed by atoms with Crippen LogP contribution in [0.1, 0.15) is 5.56 Å². The van der Waals surface area contributed by atoms with Gasteiger partial charge in [-0.3, -0.25) is 0 Å². The fraction of sp³-hybridized carbons (Fsp3) is 0.143. The quantitative estimate of drug-likeness (QED) is 0.881. The Morgan fingerprint density at radius 2 is 1.95 bits per heavy atom. The molecule has 6 heteroatoms. The predicted molar refractivity (Wildman–Crippen MR) is 79.7 cm³/mol. The van der Waals surface area contributed by atoms with Crippen LogP contribution in [0.2, 0.25) is 5.02 Å². The topological polar surface area (TPSA) is 69.4 Å². The summed E-state index contributed by atoms with van der Waals surface area (Å²) in [4.78, 5) is 0.190. The van der Waals surface area contributed by atoms with Crippen molar-refractivity contribution >= 4 is 27.1 Å². The number of rotatable bonds is 4. The normalized spacial score (nSPS) is 11.3. The largest absolute Gasteiger partial charge is 0.497 e. The van der Waals surface area contributed by atoms with Gasteiger partial charge in [-0.15, -0.1) is 0 Å². The van der Waals surface area contributed by atoms with Crippen molar-refractivity contribution < 1.29 is 13.2 Å². The Labute approximate surface area is 123 Å². The van der Waals surface area contributed by atoms with E-state index in [1.54, 1.807) is 30.3 Å². The Morgan fingerprint density at radius 1 is 1.20 bits per heavy atom. The van der Waals surface area contributed by atoms with Crippen LogP contribution in [-0.4, -0.2) is 15.5 Å². The molecular formula is C14H14ClNO3S. The Hall–Kier alpha value is -1.72. The first-order valence-corrected chi connectivity index (χ1v) is 7.86. The summed E-state index contributed by atoms with van der Waals surface area (Å²) < 4.78 is 29.8. The lowest BCUT2D eigenvalue weighted by Gasteiger charge is -2.08. The minimum Gasteiger partial charge on any atom is -0.497 e. The molecule has 0 amide bonds. The smallest absolute Gasteiger partial charge is 0.182 e. The summed E-state index contributed by atoms with van der Waals surface area (Å²) >= 11 is 6.00. The highest BCUT2D eigenvalue weighted by Crippen LogP contribution is 2.25. The van der Waals surface area contributed by atoms with Gasteiger partial charge in [0.05, 0.1) is 17.8 Å². The lowest BCUT2D eigenvalue weighted by atomic mass is 10.2. The Bertz CT molecular complexity index is 729. The van der Waals surface area contributed by atoms with Crippen LogP contribution in [0.5, 0.6) is 5.75 Å². The van der Waals surface area contributed by atoms with Crippen molar-refractivity contribution in [1.29, 1.82) is 0 Å². The number of benzene rings is 2. The highest BCUT2D eigenvalue weighted by Gasteiger charge is 2.18. The molecule has 0 unspecified atom stereocenters.